The van der Waals surface area contributed by atoms with Crippen LogP contribution in [0.4, 0.5) is 18.9 Å². The molecule has 0 atom stereocenters. The van der Waals surface area contributed by atoms with Crippen molar-refractivity contribution < 1.29 is 18.0 Å². The maximum atomic E-state index is 13.6. The van der Waals surface area contributed by atoms with Crippen LogP contribution in [-0.4, -0.2) is 54.9 Å². The molecule has 194 valence electrons. The summed E-state index contributed by atoms with van der Waals surface area (Å²) in [6.45, 7) is 7.53. The first kappa shape index (κ1) is 25.8. The van der Waals surface area contributed by atoms with Crippen molar-refractivity contribution in [3.63, 3.8) is 0 Å². The smallest absolute Gasteiger partial charge is 0.382 e. The molecule has 1 aromatic heterocycles. The fourth-order valence-electron chi connectivity index (χ4n) is 4.46. The van der Waals surface area contributed by atoms with E-state index in [1.165, 1.54) is 4.57 Å². The Bertz CT molecular complexity index is 1160. The fraction of sp³-hybridized carbons (Fsp3) is 0.462. The lowest BCUT2D eigenvalue weighted by Crippen LogP contribution is -2.35. The van der Waals surface area contributed by atoms with E-state index in [2.05, 4.69) is 32.7 Å². The van der Waals surface area contributed by atoms with Crippen molar-refractivity contribution in [1.82, 2.24) is 15.2 Å². The zero-order valence-corrected chi connectivity index (χ0v) is 20.5. The van der Waals surface area contributed by atoms with E-state index in [0.29, 0.717) is 35.6 Å². The summed E-state index contributed by atoms with van der Waals surface area (Å²) in [5, 5.41) is 15.0. The van der Waals surface area contributed by atoms with Crippen molar-refractivity contribution >= 4 is 28.5 Å². The first-order chi connectivity index (χ1) is 17.3. The number of rotatable bonds is 10. The molecule has 4 rings (SSSR count). The average molecular weight is 503 g/mol. The van der Waals surface area contributed by atoms with Gasteiger partial charge in [0.15, 0.2) is 0 Å². The lowest BCUT2D eigenvalue weighted by Gasteiger charge is -2.25. The van der Waals surface area contributed by atoms with Gasteiger partial charge in [-0.05, 0) is 57.0 Å². The van der Waals surface area contributed by atoms with Crippen LogP contribution in [0, 0.1) is 0 Å². The number of allylic oxidation sites excluding steroid dienone is 1. The van der Waals surface area contributed by atoms with E-state index in [-0.39, 0.29) is 6.04 Å². The summed E-state index contributed by atoms with van der Waals surface area (Å²) in [6.07, 6.45) is 2.57. The van der Waals surface area contributed by atoms with Crippen LogP contribution in [0.5, 0.6) is 0 Å². The maximum Gasteiger partial charge on any atom is 0.406 e. The molecule has 1 aromatic carbocycles. The highest BCUT2D eigenvalue weighted by Gasteiger charge is 2.31. The molecule has 10 heteroatoms. The summed E-state index contributed by atoms with van der Waals surface area (Å²) in [6, 6.07) is 7.48. The van der Waals surface area contributed by atoms with E-state index in [0.717, 1.165) is 55.7 Å². The molecule has 1 saturated heterocycles. The number of dihydropyridines is 1. The third-order valence-corrected chi connectivity index (χ3v) is 6.24. The van der Waals surface area contributed by atoms with Gasteiger partial charge in [-0.3, -0.25) is 4.99 Å². The second-order valence-corrected chi connectivity index (χ2v) is 9.00. The number of hydrogen-bond donors (Lipinski definition) is 3. The van der Waals surface area contributed by atoms with Crippen molar-refractivity contribution in [2.45, 2.75) is 51.4 Å². The Morgan fingerprint density at radius 1 is 1.31 bits per heavy atom. The molecule has 0 radical (unpaired) electrons. The number of piperidine rings is 1. The van der Waals surface area contributed by atoms with Gasteiger partial charge in [-0.15, -0.1) is 0 Å². The number of nitrogens with one attached hydrogen (secondary N) is 3. The van der Waals surface area contributed by atoms with Crippen LogP contribution < -0.4 is 16.0 Å². The van der Waals surface area contributed by atoms with Crippen LogP contribution in [0.3, 0.4) is 0 Å². The SMILES string of the molecule is C=C(CNC1=CCCN=C1)O/N=C(\CC)c1cc2c(NC3CCNCC3)cccc2n1CC(F)(F)F. The molecule has 2 aliphatic rings. The Morgan fingerprint density at radius 2 is 2.11 bits per heavy atom. The van der Waals surface area contributed by atoms with Crippen molar-refractivity contribution in [1.29, 1.82) is 0 Å². The fourth-order valence-corrected chi connectivity index (χ4v) is 4.46. The van der Waals surface area contributed by atoms with Gasteiger partial charge in [-0.25, -0.2) is 0 Å². The first-order valence-corrected chi connectivity index (χ1v) is 12.4. The third-order valence-electron chi connectivity index (χ3n) is 6.24. The van der Waals surface area contributed by atoms with Crippen molar-refractivity contribution in [2.75, 3.05) is 31.5 Å². The third kappa shape index (κ3) is 6.69. The summed E-state index contributed by atoms with van der Waals surface area (Å²) in [4.78, 5) is 9.73. The molecular formula is C26H33F3N6O. The number of hydrogen-bond acceptors (Lipinski definition) is 6. The predicted molar refractivity (Wildman–Crippen MR) is 139 cm³/mol. The van der Waals surface area contributed by atoms with E-state index in [9.17, 15) is 13.2 Å². The molecule has 0 amide bonds. The molecule has 36 heavy (non-hydrogen) atoms. The van der Waals surface area contributed by atoms with Crippen molar-refractivity contribution in [3.05, 3.63) is 54.1 Å². The number of fused-ring (bicyclic) bond motifs is 1. The standard InChI is InChI=1S/C26H33F3N6O/c1-3-22(34-36-18(2)15-32-20-6-5-11-31-16-20)25-14-21-23(33-19-9-12-30-13-10-19)7-4-8-24(21)35(25)17-26(27,28)29/h4,6-8,14,16,19,30,32-33H,2-3,5,9-13,15,17H2,1H3/b34-22+. The van der Waals surface area contributed by atoms with Gasteiger partial charge in [0.05, 0.1) is 17.8 Å². The zero-order valence-electron chi connectivity index (χ0n) is 20.5. The number of alkyl halides is 3. The van der Waals surface area contributed by atoms with Gasteiger partial charge in [0.2, 0.25) is 0 Å². The molecule has 0 bridgehead atoms. The maximum absolute atomic E-state index is 13.6. The number of nitrogens with zero attached hydrogens (tertiary/aromatic N) is 3. The normalized spacial score (nSPS) is 17.2. The lowest BCUT2D eigenvalue weighted by atomic mass is 10.1. The largest absolute Gasteiger partial charge is 0.406 e. The minimum absolute atomic E-state index is 0.272. The minimum atomic E-state index is -4.39. The topological polar surface area (TPSA) is 75.0 Å². The Morgan fingerprint density at radius 3 is 2.81 bits per heavy atom. The molecule has 0 unspecified atom stereocenters. The molecule has 1 fully saturated rings. The van der Waals surface area contributed by atoms with Crippen LogP contribution >= 0.6 is 0 Å². The van der Waals surface area contributed by atoms with Crippen LogP contribution in [0.25, 0.3) is 10.9 Å². The van der Waals surface area contributed by atoms with Gasteiger partial charge in [0.25, 0.3) is 0 Å². The Balaban J connectivity index is 1.59. The highest BCUT2D eigenvalue weighted by Crippen LogP contribution is 2.32. The Kier molecular flexibility index (Phi) is 8.35. The van der Waals surface area contributed by atoms with Gasteiger partial charge >= 0.3 is 6.18 Å². The molecule has 0 spiro atoms. The number of oxime groups is 1. The van der Waals surface area contributed by atoms with Crippen LogP contribution in [0.15, 0.2) is 58.5 Å². The summed E-state index contributed by atoms with van der Waals surface area (Å²) in [7, 11) is 0. The van der Waals surface area contributed by atoms with Crippen LogP contribution in [-0.2, 0) is 11.4 Å². The molecule has 3 N–H and O–H groups in total. The monoisotopic (exact) mass is 502 g/mol. The van der Waals surface area contributed by atoms with Gasteiger partial charge in [0.1, 0.15) is 18.0 Å². The molecule has 0 aliphatic carbocycles. The number of aromatic nitrogens is 1. The van der Waals surface area contributed by atoms with Gasteiger partial charge in [-0.2, -0.15) is 13.2 Å². The first-order valence-electron chi connectivity index (χ1n) is 12.4. The number of anilines is 1. The molecule has 7 nitrogen and oxygen atoms in total. The Hall–Kier alpha value is -3.27. The van der Waals surface area contributed by atoms with Gasteiger partial charge in [-0.1, -0.05) is 30.8 Å². The molecule has 2 aromatic rings. The van der Waals surface area contributed by atoms with Crippen molar-refractivity contribution in [3.8, 4) is 0 Å². The number of benzene rings is 1. The second kappa shape index (κ2) is 11.6. The van der Waals surface area contributed by atoms with Gasteiger partial charge in [0, 0.05) is 35.6 Å². The predicted octanol–water partition coefficient (Wildman–Crippen LogP) is 4.96. The lowest BCUT2D eigenvalue weighted by molar-refractivity contribution is -0.139. The Labute approximate surface area is 209 Å². The van der Waals surface area contributed by atoms with E-state index < -0.39 is 12.7 Å². The molecular weight excluding hydrogens is 469 g/mol. The number of aliphatic imine (C=N–C) groups is 1. The van der Waals surface area contributed by atoms with Crippen molar-refractivity contribution in [2.24, 2.45) is 10.1 Å². The molecule has 0 saturated carbocycles. The minimum Gasteiger partial charge on any atom is -0.382 e. The quantitative estimate of drug-likeness (QED) is 0.244. The highest BCUT2D eigenvalue weighted by atomic mass is 19.4. The highest BCUT2D eigenvalue weighted by molar-refractivity contribution is 6.05. The summed E-state index contributed by atoms with van der Waals surface area (Å²) in [5.41, 5.74) is 3.01. The van der Waals surface area contributed by atoms with Crippen LogP contribution in [0.1, 0.15) is 38.3 Å². The van der Waals surface area contributed by atoms with E-state index in [1.54, 1.807) is 24.4 Å². The van der Waals surface area contributed by atoms with E-state index in [4.69, 9.17) is 4.84 Å². The summed E-state index contributed by atoms with van der Waals surface area (Å²) in [5.74, 6) is 0.354. The zero-order chi connectivity index (χ0) is 25.5. The van der Waals surface area contributed by atoms with Gasteiger partial charge < -0.3 is 25.4 Å². The van der Waals surface area contributed by atoms with E-state index >= 15 is 0 Å². The number of halogens is 3. The van der Waals surface area contributed by atoms with Crippen LogP contribution in [0.2, 0.25) is 0 Å². The van der Waals surface area contributed by atoms with E-state index in [1.807, 2.05) is 19.1 Å². The second-order valence-electron chi connectivity index (χ2n) is 9.00. The average Bonchev–Trinajstić information content (AvgIpc) is 3.22. The molecule has 3 heterocycles. The summed E-state index contributed by atoms with van der Waals surface area (Å²) < 4.78 is 42.1. The molecule has 2 aliphatic heterocycles. The summed E-state index contributed by atoms with van der Waals surface area (Å²) >= 11 is 0.